The molecule has 0 radical (unpaired) electrons. The number of halogens is 1. The lowest BCUT2D eigenvalue weighted by Crippen LogP contribution is -2.30. The van der Waals surface area contributed by atoms with Gasteiger partial charge in [0, 0.05) is 12.7 Å². The number of hydrogen-bond acceptors (Lipinski definition) is 9. The van der Waals surface area contributed by atoms with Crippen molar-refractivity contribution < 1.29 is 38.0 Å². The van der Waals surface area contributed by atoms with Crippen molar-refractivity contribution in [1.29, 1.82) is 0 Å². The largest absolute Gasteiger partial charge is 0.364 e. The number of rotatable bonds is 9. The number of fused-ring (bicyclic) bond motifs is 2. The maximum Gasteiger partial charge on any atom is 0.335 e. The lowest BCUT2D eigenvalue weighted by atomic mass is 10.1. The van der Waals surface area contributed by atoms with Gasteiger partial charge in [0.05, 0.1) is 12.4 Å². The van der Waals surface area contributed by atoms with Crippen LogP contribution in [0.1, 0.15) is 32.1 Å². The van der Waals surface area contributed by atoms with E-state index in [1.54, 1.807) is 18.4 Å². The van der Waals surface area contributed by atoms with E-state index in [9.17, 15) is 14.0 Å². The average molecular weight is 588 g/mol. The van der Waals surface area contributed by atoms with Crippen LogP contribution in [-0.4, -0.2) is 70.4 Å². The number of ether oxygens (including phenoxy) is 3. The van der Waals surface area contributed by atoms with Crippen LogP contribution in [0, 0.1) is 0 Å². The molecule has 0 amide bonds. The fraction of sp³-hybridized carbons (Fsp3) is 0.500. The second kappa shape index (κ2) is 10.2. The summed E-state index contributed by atoms with van der Waals surface area (Å²) in [6.07, 6.45) is -1.45. The third-order valence-corrected chi connectivity index (χ3v) is 10.6. The normalized spacial score (nSPS) is 26.4. The Morgan fingerprint density at radius 2 is 1.82 bits per heavy atom. The highest BCUT2D eigenvalue weighted by molar-refractivity contribution is 7.72. The monoisotopic (exact) mass is 587 g/mol. The highest BCUT2D eigenvalue weighted by atomic mass is 35.5. The van der Waals surface area contributed by atoms with Crippen LogP contribution in [0.4, 0.5) is 5.82 Å². The smallest absolute Gasteiger partial charge is 0.335 e. The number of aromatic nitrogens is 4. The van der Waals surface area contributed by atoms with Crippen molar-refractivity contribution in [3.8, 4) is 0 Å². The van der Waals surface area contributed by atoms with Crippen LogP contribution in [0.2, 0.25) is 5.28 Å². The number of nitrogens with zero attached hydrogens (tertiary/aromatic N) is 4. The fourth-order valence-corrected chi connectivity index (χ4v) is 8.48. The SMILES string of the molecule is CC1(C)OC2C(CCP(=O)(O)CP(=O)(O)O)OC(n3cnc4c(NCc5ccccc5)nc(Cl)nc43)C2O1. The minimum atomic E-state index is -4.66. The molecule has 38 heavy (non-hydrogen) atoms. The minimum absolute atomic E-state index is 0.00323. The van der Waals surface area contributed by atoms with Crippen LogP contribution in [0.5, 0.6) is 0 Å². The lowest BCUT2D eigenvalue weighted by molar-refractivity contribution is -0.196. The van der Waals surface area contributed by atoms with Crippen molar-refractivity contribution in [3.63, 3.8) is 0 Å². The molecule has 16 heteroatoms. The number of benzene rings is 1. The van der Waals surface area contributed by atoms with E-state index in [1.807, 2.05) is 30.3 Å². The Bertz CT molecular complexity index is 1420. The summed E-state index contributed by atoms with van der Waals surface area (Å²) in [6, 6.07) is 9.75. The quantitative estimate of drug-likeness (QED) is 0.212. The molecule has 2 aromatic heterocycles. The van der Waals surface area contributed by atoms with Crippen LogP contribution in [-0.2, 0) is 29.9 Å². The van der Waals surface area contributed by atoms with Gasteiger partial charge < -0.3 is 34.2 Å². The maximum atomic E-state index is 12.4. The molecule has 5 atom stereocenters. The van der Waals surface area contributed by atoms with Crippen LogP contribution in [0.3, 0.4) is 0 Å². The fourth-order valence-electron chi connectivity index (χ4n) is 4.78. The van der Waals surface area contributed by atoms with E-state index in [2.05, 4.69) is 20.3 Å². The zero-order valence-electron chi connectivity index (χ0n) is 20.5. The Morgan fingerprint density at radius 1 is 1.11 bits per heavy atom. The van der Waals surface area contributed by atoms with E-state index in [1.165, 1.54) is 6.33 Å². The molecule has 4 heterocycles. The summed E-state index contributed by atoms with van der Waals surface area (Å²) >= 11 is 6.26. The summed E-state index contributed by atoms with van der Waals surface area (Å²) < 4.78 is 43.7. The van der Waals surface area contributed by atoms with Gasteiger partial charge in [0.25, 0.3) is 0 Å². The van der Waals surface area contributed by atoms with Crippen molar-refractivity contribution in [1.82, 2.24) is 19.5 Å². The van der Waals surface area contributed by atoms with Crippen molar-refractivity contribution in [3.05, 3.63) is 47.5 Å². The van der Waals surface area contributed by atoms with E-state index in [4.69, 9.17) is 35.6 Å². The van der Waals surface area contributed by atoms with Crippen molar-refractivity contribution in [2.24, 2.45) is 0 Å². The van der Waals surface area contributed by atoms with Gasteiger partial charge in [-0.25, -0.2) is 4.98 Å². The first-order valence-corrected chi connectivity index (χ1v) is 16.1. The molecule has 2 aliphatic rings. The summed E-state index contributed by atoms with van der Waals surface area (Å²) in [6.45, 7) is 3.99. The molecule has 0 bridgehead atoms. The summed E-state index contributed by atoms with van der Waals surface area (Å²) in [5, 5.41) is 3.24. The Kier molecular flexibility index (Phi) is 7.45. The zero-order chi connectivity index (χ0) is 27.3. The van der Waals surface area contributed by atoms with Gasteiger partial charge in [-0.3, -0.25) is 13.7 Å². The van der Waals surface area contributed by atoms with E-state index >= 15 is 0 Å². The predicted octanol–water partition coefficient (Wildman–Crippen LogP) is 3.31. The van der Waals surface area contributed by atoms with E-state index in [0.717, 1.165) is 5.56 Å². The first-order valence-electron chi connectivity index (χ1n) is 11.8. The zero-order valence-corrected chi connectivity index (χ0v) is 23.1. The van der Waals surface area contributed by atoms with Gasteiger partial charge >= 0.3 is 7.60 Å². The van der Waals surface area contributed by atoms with Crippen LogP contribution in [0.15, 0.2) is 36.7 Å². The van der Waals surface area contributed by atoms with Gasteiger partial charge in [-0.15, -0.1) is 0 Å². The molecule has 0 aliphatic carbocycles. The third-order valence-electron chi connectivity index (χ3n) is 6.26. The molecule has 2 fully saturated rings. The van der Waals surface area contributed by atoms with Gasteiger partial charge in [0.1, 0.15) is 18.1 Å². The summed E-state index contributed by atoms with van der Waals surface area (Å²) in [7, 11) is -8.77. The second-order valence-electron chi connectivity index (χ2n) is 9.80. The molecule has 2 aliphatic heterocycles. The summed E-state index contributed by atoms with van der Waals surface area (Å²) in [5.41, 5.74) is 1.90. The first kappa shape index (κ1) is 27.6. The second-order valence-corrected chi connectivity index (χ2v) is 14.7. The molecule has 5 rings (SSSR count). The molecular weight excluding hydrogens is 560 g/mol. The number of hydrogen-bond donors (Lipinski definition) is 4. The van der Waals surface area contributed by atoms with Gasteiger partial charge in [0.2, 0.25) is 12.7 Å². The maximum absolute atomic E-state index is 12.4. The highest BCUT2D eigenvalue weighted by Gasteiger charge is 2.56. The summed E-state index contributed by atoms with van der Waals surface area (Å²) in [4.78, 5) is 41.6. The van der Waals surface area contributed by atoms with Crippen molar-refractivity contribution in [2.45, 2.75) is 57.1 Å². The Balaban J connectivity index is 1.40. The predicted molar refractivity (Wildman–Crippen MR) is 138 cm³/mol. The minimum Gasteiger partial charge on any atom is -0.364 e. The topological polar surface area (TPSA) is 178 Å². The number of anilines is 1. The van der Waals surface area contributed by atoms with Gasteiger partial charge in [0.15, 0.2) is 29.0 Å². The van der Waals surface area contributed by atoms with E-state index in [0.29, 0.717) is 23.5 Å². The molecule has 1 aromatic carbocycles. The molecule has 0 saturated carbocycles. The summed E-state index contributed by atoms with van der Waals surface area (Å²) in [5.74, 6) is -1.60. The van der Waals surface area contributed by atoms with E-state index in [-0.39, 0.29) is 17.9 Å². The van der Waals surface area contributed by atoms with Crippen LogP contribution in [0.25, 0.3) is 11.2 Å². The number of imidazole rings is 1. The van der Waals surface area contributed by atoms with Gasteiger partial charge in [-0.1, -0.05) is 30.3 Å². The standard InChI is InChI=1S/C22H28ClN5O8P2/c1-22(2)35-16-14(8-9-37(29,30)12-38(31,32)33)34-20(17(16)36-22)28-11-25-15-18(26-21(23)27-19(15)28)24-10-13-6-4-3-5-7-13/h3-7,11,14,16-17,20H,8-10,12H2,1-2H3,(H,29,30)(H,24,26,27)(H2,31,32,33). The molecule has 2 saturated heterocycles. The molecule has 4 N–H and O–H groups in total. The highest BCUT2D eigenvalue weighted by Crippen LogP contribution is 2.56. The molecule has 206 valence electrons. The van der Waals surface area contributed by atoms with Crippen LogP contribution >= 0.6 is 26.6 Å². The molecule has 0 spiro atoms. The molecular formula is C22H28ClN5O8P2. The number of nitrogens with one attached hydrogen (secondary N) is 1. The Morgan fingerprint density at radius 3 is 2.53 bits per heavy atom. The van der Waals surface area contributed by atoms with Crippen LogP contribution < -0.4 is 5.32 Å². The van der Waals surface area contributed by atoms with Crippen molar-refractivity contribution >= 4 is 43.5 Å². The molecule has 3 aromatic rings. The third kappa shape index (κ3) is 6.12. The molecule has 13 nitrogen and oxygen atoms in total. The average Bonchev–Trinajstić information content (AvgIpc) is 3.46. The van der Waals surface area contributed by atoms with E-state index < -0.39 is 51.2 Å². The van der Waals surface area contributed by atoms with Crippen molar-refractivity contribution in [2.75, 3.05) is 17.4 Å². The molecule has 5 unspecified atom stereocenters. The Hall–Kier alpha value is -1.92. The van der Waals surface area contributed by atoms with Gasteiger partial charge in [-0.05, 0) is 37.4 Å². The first-order chi connectivity index (χ1) is 17.8. The Labute approximate surface area is 223 Å². The van der Waals surface area contributed by atoms with Gasteiger partial charge in [-0.2, -0.15) is 9.97 Å². The lowest BCUT2D eigenvalue weighted by Gasteiger charge is -2.25.